The third-order valence-electron chi connectivity index (χ3n) is 6.89. The number of nitrogens with one attached hydrogen (secondary N) is 2. The molecule has 12 heteroatoms. The fraction of sp³-hybridized carbons (Fsp3) is 0.640. The van der Waals surface area contributed by atoms with E-state index in [1.807, 2.05) is 24.3 Å². The van der Waals surface area contributed by atoms with Crippen molar-refractivity contribution in [3.8, 4) is 5.75 Å². The van der Waals surface area contributed by atoms with Crippen molar-refractivity contribution in [2.75, 3.05) is 26.0 Å². The number of ether oxygens (including phenoxy) is 2. The number of alkyl carbamates (subject to hydrolysis) is 1. The first kappa shape index (κ1) is 27.2. The number of carbonyl (C=O) groups excluding carboxylic acids is 3. The van der Waals surface area contributed by atoms with Crippen LogP contribution in [-0.4, -0.2) is 85.2 Å². The molecule has 4 rings (SSSR count). The topological polar surface area (TPSA) is 134 Å². The normalized spacial score (nSPS) is 26.7. The van der Waals surface area contributed by atoms with Gasteiger partial charge in [-0.1, -0.05) is 18.2 Å². The molecule has 0 radical (unpaired) electrons. The quantitative estimate of drug-likeness (QED) is 0.596. The number of sulfonamides is 1. The number of amides is 3. The lowest BCUT2D eigenvalue weighted by molar-refractivity contribution is -0.143. The number of carbonyl (C=O) groups is 3. The van der Waals surface area contributed by atoms with E-state index in [2.05, 4.69) is 10.6 Å². The molecule has 0 aromatic heterocycles. The molecule has 4 atom stereocenters. The average Bonchev–Trinajstić information content (AvgIpc) is 3.21. The van der Waals surface area contributed by atoms with Gasteiger partial charge in [0.15, 0.2) is 0 Å². The molecule has 3 aliphatic rings. The molecule has 2 N–H and O–H groups in total. The molecule has 37 heavy (non-hydrogen) atoms. The fourth-order valence-corrected chi connectivity index (χ4v) is 6.08. The van der Waals surface area contributed by atoms with Gasteiger partial charge in [0.05, 0.1) is 18.9 Å². The number of nitrogens with zero attached hydrogens (tertiary/aromatic N) is 2. The first-order valence-electron chi connectivity index (χ1n) is 12.6. The van der Waals surface area contributed by atoms with Crippen LogP contribution in [0.1, 0.15) is 58.1 Å². The van der Waals surface area contributed by atoms with Crippen LogP contribution >= 0.6 is 0 Å². The summed E-state index contributed by atoms with van der Waals surface area (Å²) in [6.07, 6.45) is 2.28. The van der Waals surface area contributed by atoms with Gasteiger partial charge in [0.2, 0.25) is 21.8 Å². The first-order valence-corrected chi connectivity index (χ1v) is 14.5. The Hall–Kier alpha value is -2.86. The Morgan fingerprint density at radius 1 is 1.05 bits per heavy atom. The average molecular weight is 537 g/mol. The van der Waals surface area contributed by atoms with Gasteiger partial charge in [-0.3, -0.25) is 9.59 Å². The highest BCUT2D eigenvalue weighted by Gasteiger charge is 2.46. The Morgan fingerprint density at radius 3 is 2.49 bits per heavy atom. The summed E-state index contributed by atoms with van der Waals surface area (Å²) in [4.78, 5) is 41.4. The number of rotatable bonds is 4. The largest absolute Gasteiger partial charge is 0.493 e. The number of hydrogen-bond donors (Lipinski definition) is 2. The van der Waals surface area contributed by atoms with Gasteiger partial charge in [-0.05, 0) is 46.1 Å². The van der Waals surface area contributed by atoms with E-state index in [-0.39, 0.29) is 31.1 Å². The van der Waals surface area contributed by atoms with E-state index in [4.69, 9.17) is 9.47 Å². The van der Waals surface area contributed by atoms with Crippen molar-refractivity contribution in [1.29, 1.82) is 0 Å². The van der Waals surface area contributed by atoms with E-state index >= 15 is 0 Å². The van der Waals surface area contributed by atoms with Gasteiger partial charge in [-0.15, -0.1) is 0 Å². The Kier molecular flexibility index (Phi) is 7.70. The SMILES string of the molecule is CC(C)(C)OC(=O)N[C@H]1CN(S(C)(=O)=O)CC[C@H]2CC[C@@H](C(=O)N[C@@H]3CCOc4ccccc43)N2C1=O. The molecule has 204 valence electrons. The maximum atomic E-state index is 13.8. The van der Waals surface area contributed by atoms with Crippen LogP contribution in [0.3, 0.4) is 0 Å². The predicted octanol–water partition coefficient (Wildman–Crippen LogP) is 1.54. The van der Waals surface area contributed by atoms with E-state index in [9.17, 15) is 22.8 Å². The minimum absolute atomic E-state index is 0.182. The van der Waals surface area contributed by atoms with Gasteiger partial charge in [-0.2, -0.15) is 4.31 Å². The molecule has 0 saturated carbocycles. The zero-order valence-electron chi connectivity index (χ0n) is 21.7. The van der Waals surface area contributed by atoms with Crippen LogP contribution in [-0.2, 0) is 24.3 Å². The summed E-state index contributed by atoms with van der Waals surface area (Å²) < 4.78 is 37.0. The van der Waals surface area contributed by atoms with Crippen molar-refractivity contribution in [1.82, 2.24) is 19.8 Å². The van der Waals surface area contributed by atoms with Gasteiger partial charge in [0.25, 0.3) is 0 Å². The summed E-state index contributed by atoms with van der Waals surface area (Å²) in [5.41, 5.74) is 0.0908. The zero-order chi connectivity index (χ0) is 27.0. The molecule has 0 spiro atoms. The molecular weight excluding hydrogens is 500 g/mol. The molecule has 3 amide bonds. The lowest BCUT2D eigenvalue weighted by Crippen LogP contribution is -2.61. The van der Waals surface area contributed by atoms with E-state index in [1.165, 1.54) is 4.31 Å². The smallest absolute Gasteiger partial charge is 0.408 e. The molecule has 2 saturated heterocycles. The molecule has 2 fully saturated rings. The number of fused-ring (bicyclic) bond motifs is 2. The summed E-state index contributed by atoms with van der Waals surface area (Å²) in [5.74, 6) is -0.0310. The minimum atomic E-state index is -3.62. The summed E-state index contributed by atoms with van der Waals surface area (Å²) >= 11 is 0. The van der Waals surface area contributed by atoms with Crippen molar-refractivity contribution in [2.45, 2.75) is 76.2 Å². The number of hydrogen-bond acceptors (Lipinski definition) is 7. The van der Waals surface area contributed by atoms with Gasteiger partial charge < -0.3 is 25.0 Å². The van der Waals surface area contributed by atoms with Crippen LogP contribution in [0.15, 0.2) is 24.3 Å². The molecule has 3 heterocycles. The second-order valence-corrected chi connectivity index (χ2v) is 12.8. The third kappa shape index (κ3) is 6.35. The molecule has 0 bridgehead atoms. The molecule has 1 aromatic rings. The Balaban J connectivity index is 1.55. The summed E-state index contributed by atoms with van der Waals surface area (Å²) in [7, 11) is -3.62. The number of benzene rings is 1. The van der Waals surface area contributed by atoms with E-state index in [0.717, 1.165) is 17.6 Å². The summed E-state index contributed by atoms with van der Waals surface area (Å²) in [5, 5.41) is 5.65. The maximum Gasteiger partial charge on any atom is 0.408 e. The fourth-order valence-electron chi connectivity index (χ4n) is 5.22. The van der Waals surface area contributed by atoms with Crippen LogP contribution in [0, 0.1) is 0 Å². The van der Waals surface area contributed by atoms with Crippen LogP contribution in [0.2, 0.25) is 0 Å². The molecule has 3 aliphatic heterocycles. The minimum Gasteiger partial charge on any atom is -0.493 e. The molecule has 0 unspecified atom stereocenters. The van der Waals surface area contributed by atoms with Crippen molar-refractivity contribution in [2.24, 2.45) is 0 Å². The Labute approximate surface area is 217 Å². The van der Waals surface area contributed by atoms with Crippen LogP contribution < -0.4 is 15.4 Å². The van der Waals surface area contributed by atoms with Crippen molar-refractivity contribution < 1.29 is 32.3 Å². The highest BCUT2D eigenvalue weighted by Crippen LogP contribution is 2.34. The van der Waals surface area contributed by atoms with Gasteiger partial charge in [0, 0.05) is 31.1 Å². The Bertz CT molecular complexity index is 1150. The van der Waals surface area contributed by atoms with Crippen molar-refractivity contribution in [3.05, 3.63) is 29.8 Å². The molecule has 1 aromatic carbocycles. The van der Waals surface area contributed by atoms with Crippen LogP contribution in [0.4, 0.5) is 4.79 Å². The number of para-hydroxylation sites is 1. The molecule has 0 aliphatic carbocycles. The van der Waals surface area contributed by atoms with Gasteiger partial charge in [0.1, 0.15) is 23.4 Å². The van der Waals surface area contributed by atoms with Crippen LogP contribution in [0.5, 0.6) is 5.75 Å². The van der Waals surface area contributed by atoms with E-state index < -0.39 is 39.7 Å². The second kappa shape index (κ2) is 10.5. The molecule has 11 nitrogen and oxygen atoms in total. The van der Waals surface area contributed by atoms with E-state index in [0.29, 0.717) is 32.3 Å². The lowest BCUT2D eigenvalue weighted by Gasteiger charge is -2.38. The van der Waals surface area contributed by atoms with Gasteiger partial charge >= 0.3 is 6.09 Å². The lowest BCUT2D eigenvalue weighted by atomic mass is 10.00. The standard InChI is InChI=1S/C25H36N4O7S/c1-25(2,3)36-24(32)27-19-15-28(37(4,33)34)13-11-16-9-10-20(29(16)23(19)31)22(30)26-18-12-14-35-21-8-6-5-7-17(18)21/h5-8,16,18-20H,9-15H2,1-4H3,(H,26,30)(H,27,32)/t16-,18-,19+,20+/m1/s1. The zero-order valence-corrected chi connectivity index (χ0v) is 22.5. The van der Waals surface area contributed by atoms with Crippen molar-refractivity contribution >= 4 is 27.9 Å². The third-order valence-corrected chi connectivity index (χ3v) is 8.16. The summed E-state index contributed by atoms with van der Waals surface area (Å²) in [6.45, 7) is 5.51. The van der Waals surface area contributed by atoms with Crippen molar-refractivity contribution in [3.63, 3.8) is 0 Å². The predicted molar refractivity (Wildman–Crippen MR) is 135 cm³/mol. The Morgan fingerprint density at radius 2 is 1.78 bits per heavy atom. The monoisotopic (exact) mass is 536 g/mol. The highest BCUT2D eigenvalue weighted by atomic mass is 32.2. The van der Waals surface area contributed by atoms with E-state index in [1.54, 1.807) is 25.7 Å². The summed E-state index contributed by atoms with van der Waals surface area (Å²) in [6, 6.07) is 5.07. The maximum absolute atomic E-state index is 13.8. The first-order chi connectivity index (χ1) is 17.3. The molecular formula is C25H36N4O7S. The van der Waals surface area contributed by atoms with Gasteiger partial charge in [-0.25, -0.2) is 13.2 Å². The highest BCUT2D eigenvalue weighted by molar-refractivity contribution is 7.88. The second-order valence-electron chi connectivity index (χ2n) is 10.8. The van der Waals surface area contributed by atoms with Crippen LogP contribution in [0.25, 0.3) is 0 Å².